The van der Waals surface area contributed by atoms with Crippen LogP contribution in [0.1, 0.15) is 19.5 Å². The Morgan fingerprint density at radius 2 is 1.88 bits per heavy atom. The van der Waals surface area contributed by atoms with Gasteiger partial charge in [0, 0.05) is 17.2 Å². The number of pyridine rings is 1. The van der Waals surface area contributed by atoms with E-state index in [9.17, 15) is 4.39 Å². The normalized spacial score (nSPS) is 12.7. The monoisotopic (exact) mass is 219 g/mol. The molecule has 1 aromatic heterocycles. The van der Waals surface area contributed by atoms with E-state index in [1.807, 2.05) is 26.0 Å². The largest absolute Gasteiger partial charge is 0.491 e. The summed E-state index contributed by atoms with van der Waals surface area (Å²) in [6.07, 6.45) is 0.705. The molecule has 0 unspecified atom stereocenters. The van der Waals surface area contributed by atoms with Crippen molar-refractivity contribution in [1.29, 1.82) is 0 Å². The van der Waals surface area contributed by atoms with Gasteiger partial charge in [-0.25, -0.2) is 4.98 Å². The minimum Gasteiger partial charge on any atom is -0.491 e. The fourth-order valence-electron chi connectivity index (χ4n) is 1.83. The Balaban J connectivity index is 0.000000457. The molecule has 0 saturated carbocycles. The van der Waals surface area contributed by atoms with E-state index in [0.29, 0.717) is 18.4 Å². The number of ether oxygens (including phenoxy) is 1. The van der Waals surface area contributed by atoms with Crippen LogP contribution in [0.4, 0.5) is 4.39 Å². The van der Waals surface area contributed by atoms with E-state index in [1.165, 1.54) is 0 Å². The molecule has 16 heavy (non-hydrogen) atoms. The van der Waals surface area contributed by atoms with E-state index in [0.717, 1.165) is 16.8 Å². The molecule has 0 amide bonds. The van der Waals surface area contributed by atoms with Crippen LogP contribution in [-0.2, 0) is 6.42 Å². The van der Waals surface area contributed by atoms with Crippen LogP contribution >= 0.6 is 0 Å². The van der Waals surface area contributed by atoms with Crippen molar-refractivity contribution in [1.82, 2.24) is 4.98 Å². The van der Waals surface area contributed by atoms with Gasteiger partial charge in [0.2, 0.25) is 5.95 Å². The van der Waals surface area contributed by atoms with E-state index in [-0.39, 0.29) is 0 Å². The van der Waals surface area contributed by atoms with Gasteiger partial charge in [-0.05, 0) is 6.07 Å². The predicted molar refractivity (Wildman–Crippen MR) is 62.2 cm³/mol. The third-order valence-electron chi connectivity index (χ3n) is 2.47. The van der Waals surface area contributed by atoms with Crippen molar-refractivity contribution < 1.29 is 9.13 Å². The molecule has 0 saturated heterocycles. The fraction of sp³-hybridized carbons (Fsp3) is 0.308. The third-order valence-corrected chi connectivity index (χ3v) is 2.47. The van der Waals surface area contributed by atoms with Gasteiger partial charge in [-0.2, -0.15) is 4.39 Å². The molecule has 0 bridgehead atoms. The van der Waals surface area contributed by atoms with Crippen molar-refractivity contribution >= 4 is 10.8 Å². The molecule has 2 nitrogen and oxygen atoms in total. The SMILES string of the molecule is CC.Fc1nc2c(c3ccccc13)OCC2. The van der Waals surface area contributed by atoms with Crippen LogP contribution < -0.4 is 4.74 Å². The molecule has 2 aromatic rings. The first-order valence-electron chi connectivity index (χ1n) is 5.56. The summed E-state index contributed by atoms with van der Waals surface area (Å²) in [5.74, 6) is 0.354. The number of rotatable bonds is 0. The zero-order chi connectivity index (χ0) is 11.5. The van der Waals surface area contributed by atoms with Crippen molar-refractivity contribution in [3.05, 3.63) is 35.9 Å². The molecule has 0 atom stereocenters. The number of benzene rings is 1. The van der Waals surface area contributed by atoms with E-state index in [1.54, 1.807) is 12.1 Å². The fourth-order valence-corrected chi connectivity index (χ4v) is 1.83. The van der Waals surface area contributed by atoms with Crippen LogP contribution in [-0.4, -0.2) is 11.6 Å². The maximum atomic E-state index is 13.5. The van der Waals surface area contributed by atoms with Crippen LogP contribution in [0, 0.1) is 5.95 Å². The molecule has 0 aliphatic carbocycles. The highest BCUT2D eigenvalue weighted by molar-refractivity contribution is 5.89. The Morgan fingerprint density at radius 1 is 1.19 bits per heavy atom. The standard InChI is InChI=1S/C11H8FNO.C2H6/c12-11-8-4-2-1-3-7(8)10-9(13-11)5-6-14-10;1-2/h1-4H,5-6H2;1-2H3. The smallest absolute Gasteiger partial charge is 0.221 e. The Hall–Kier alpha value is -1.64. The van der Waals surface area contributed by atoms with E-state index in [4.69, 9.17) is 4.74 Å². The molecule has 3 heteroatoms. The second kappa shape index (κ2) is 4.47. The summed E-state index contributed by atoms with van der Waals surface area (Å²) in [7, 11) is 0. The average molecular weight is 219 g/mol. The van der Waals surface area contributed by atoms with Gasteiger partial charge in [-0.3, -0.25) is 0 Å². The predicted octanol–water partition coefficient (Wildman–Crippen LogP) is 3.34. The molecule has 3 rings (SSSR count). The van der Waals surface area contributed by atoms with Gasteiger partial charge in [-0.1, -0.05) is 32.0 Å². The first-order valence-corrected chi connectivity index (χ1v) is 5.56. The summed E-state index contributed by atoms with van der Waals surface area (Å²) < 4.78 is 18.9. The molecular formula is C13H14FNO. The van der Waals surface area contributed by atoms with Crippen molar-refractivity contribution in [3.63, 3.8) is 0 Å². The van der Waals surface area contributed by atoms with Crippen LogP contribution in [0.2, 0.25) is 0 Å². The zero-order valence-corrected chi connectivity index (χ0v) is 9.46. The van der Waals surface area contributed by atoms with Crippen LogP contribution in [0.3, 0.4) is 0 Å². The van der Waals surface area contributed by atoms with Crippen molar-refractivity contribution in [3.8, 4) is 5.75 Å². The highest BCUT2D eigenvalue weighted by atomic mass is 19.1. The molecule has 0 radical (unpaired) electrons. The van der Waals surface area contributed by atoms with Crippen LogP contribution in [0.15, 0.2) is 24.3 Å². The third kappa shape index (κ3) is 1.62. The highest BCUT2D eigenvalue weighted by Gasteiger charge is 2.19. The van der Waals surface area contributed by atoms with Gasteiger partial charge in [0.15, 0.2) is 0 Å². The molecule has 1 aliphatic rings. The lowest BCUT2D eigenvalue weighted by Crippen LogP contribution is -1.91. The number of aromatic nitrogens is 1. The van der Waals surface area contributed by atoms with Gasteiger partial charge >= 0.3 is 0 Å². The number of hydrogen-bond donors (Lipinski definition) is 0. The number of fused-ring (bicyclic) bond motifs is 3. The summed E-state index contributed by atoms with van der Waals surface area (Å²) in [5, 5.41) is 1.36. The quantitative estimate of drug-likeness (QED) is 0.634. The lowest BCUT2D eigenvalue weighted by molar-refractivity contribution is 0.360. The molecule has 1 aliphatic heterocycles. The Kier molecular flexibility index (Phi) is 3.04. The molecule has 1 aromatic carbocycles. The molecule has 0 fully saturated rings. The first kappa shape index (κ1) is 10.9. The number of nitrogens with zero attached hydrogens (tertiary/aromatic N) is 1. The first-order chi connectivity index (χ1) is 7.86. The number of hydrogen-bond acceptors (Lipinski definition) is 2. The Bertz CT molecular complexity index is 511. The van der Waals surface area contributed by atoms with Crippen molar-refractivity contribution in [2.75, 3.05) is 6.61 Å². The lowest BCUT2D eigenvalue weighted by Gasteiger charge is -2.04. The van der Waals surface area contributed by atoms with E-state index in [2.05, 4.69) is 4.98 Å². The molecule has 2 heterocycles. The minimum absolute atomic E-state index is 0.398. The molecular weight excluding hydrogens is 205 g/mol. The Morgan fingerprint density at radius 3 is 2.62 bits per heavy atom. The van der Waals surface area contributed by atoms with Gasteiger partial charge in [-0.15, -0.1) is 0 Å². The maximum absolute atomic E-state index is 13.5. The van der Waals surface area contributed by atoms with Gasteiger partial charge in [0.25, 0.3) is 0 Å². The van der Waals surface area contributed by atoms with Gasteiger partial charge in [0.05, 0.1) is 12.3 Å². The van der Waals surface area contributed by atoms with E-state index < -0.39 is 5.95 Å². The molecule has 0 N–H and O–H groups in total. The van der Waals surface area contributed by atoms with Gasteiger partial charge < -0.3 is 4.74 Å². The van der Waals surface area contributed by atoms with Crippen molar-refractivity contribution in [2.45, 2.75) is 20.3 Å². The van der Waals surface area contributed by atoms with Crippen LogP contribution in [0.25, 0.3) is 10.8 Å². The second-order valence-corrected chi connectivity index (χ2v) is 3.32. The second-order valence-electron chi connectivity index (χ2n) is 3.32. The summed E-state index contributed by atoms with van der Waals surface area (Å²) in [6, 6.07) is 7.27. The summed E-state index contributed by atoms with van der Waals surface area (Å²) >= 11 is 0. The maximum Gasteiger partial charge on any atom is 0.221 e. The van der Waals surface area contributed by atoms with E-state index >= 15 is 0 Å². The number of halogens is 1. The average Bonchev–Trinajstić information content (AvgIpc) is 2.80. The highest BCUT2D eigenvalue weighted by Crippen LogP contribution is 2.33. The van der Waals surface area contributed by atoms with Gasteiger partial charge in [0.1, 0.15) is 5.75 Å². The molecule has 84 valence electrons. The topological polar surface area (TPSA) is 22.1 Å². The minimum atomic E-state index is -0.398. The lowest BCUT2D eigenvalue weighted by atomic mass is 10.1. The molecule has 0 spiro atoms. The van der Waals surface area contributed by atoms with Crippen LogP contribution in [0.5, 0.6) is 5.75 Å². The Labute approximate surface area is 94.1 Å². The summed E-state index contributed by atoms with van der Waals surface area (Å²) in [5.41, 5.74) is 0.737. The summed E-state index contributed by atoms with van der Waals surface area (Å²) in [4.78, 5) is 3.89. The zero-order valence-electron chi connectivity index (χ0n) is 9.46. The van der Waals surface area contributed by atoms with Crippen molar-refractivity contribution in [2.24, 2.45) is 0 Å². The summed E-state index contributed by atoms with van der Waals surface area (Å²) in [6.45, 7) is 4.61.